The lowest BCUT2D eigenvalue weighted by Crippen LogP contribution is -2.43. The average Bonchev–Trinajstić information content (AvgIpc) is 3.30. The van der Waals surface area contributed by atoms with Gasteiger partial charge in [-0.3, -0.25) is 9.59 Å². The summed E-state index contributed by atoms with van der Waals surface area (Å²) in [4.78, 5) is 27.0. The molecule has 3 aliphatic heterocycles. The molecule has 0 aromatic heterocycles. The summed E-state index contributed by atoms with van der Waals surface area (Å²) >= 11 is 0. The van der Waals surface area contributed by atoms with Crippen molar-refractivity contribution in [3.8, 4) is 11.5 Å². The summed E-state index contributed by atoms with van der Waals surface area (Å²) in [6.07, 6.45) is 1.88. The first-order chi connectivity index (χ1) is 12.7. The van der Waals surface area contributed by atoms with Gasteiger partial charge >= 0.3 is 0 Å². The van der Waals surface area contributed by atoms with Crippen LogP contribution in [0.15, 0.2) is 36.4 Å². The second-order valence-corrected chi connectivity index (χ2v) is 6.59. The predicted molar refractivity (Wildman–Crippen MR) is 96.0 cm³/mol. The summed E-state index contributed by atoms with van der Waals surface area (Å²) in [7, 11) is 0. The maximum atomic E-state index is 12.6. The Morgan fingerprint density at radius 1 is 1.15 bits per heavy atom. The van der Waals surface area contributed by atoms with Gasteiger partial charge in [0.15, 0.2) is 11.5 Å². The standard InChI is InChI=1S/C19H17N3O4/c23-18(20-12-4-6-16-17(9-12)26-10-25-16)11-3-5-14-13(8-11)21-19(24)15-2-1-7-22(14)15/h3-6,8-9,15H,1-2,7,10H2,(H,20,23)(H,21,24). The van der Waals surface area contributed by atoms with E-state index in [9.17, 15) is 9.59 Å². The molecule has 132 valence electrons. The molecular weight excluding hydrogens is 334 g/mol. The summed E-state index contributed by atoms with van der Waals surface area (Å²) in [6.45, 7) is 1.06. The first-order valence-electron chi connectivity index (χ1n) is 8.61. The van der Waals surface area contributed by atoms with E-state index in [0.29, 0.717) is 28.4 Å². The number of ether oxygens (including phenoxy) is 2. The number of carbonyl (C=O) groups excluding carboxylic acids is 2. The highest BCUT2D eigenvalue weighted by Crippen LogP contribution is 2.38. The van der Waals surface area contributed by atoms with Crippen molar-refractivity contribution in [1.82, 2.24) is 0 Å². The molecule has 1 unspecified atom stereocenters. The number of fused-ring (bicyclic) bond motifs is 4. The zero-order chi connectivity index (χ0) is 17.7. The van der Waals surface area contributed by atoms with Crippen LogP contribution in [0.25, 0.3) is 0 Å². The largest absolute Gasteiger partial charge is 0.454 e. The Balaban J connectivity index is 1.40. The fraction of sp³-hybridized carbons (Fsp3) is 0.263. The molecule has 7 heteroatoms. The van der Waals surface area contributed by atoms with Gasteiger partial charge in [0.1, 0.15) is 6.04 Å². The van der Waals surface area contributed by atoms with E-state index in [1.165, 1.54) is 0 Å². The lowest BCUT2D eigenvalue weighted by Gasteiger charge is -2.33. The molecule has 0 aliphatic carbocycles. The number of hydrogen-bond donors (Lipinski definition) is 2. The van der Waals surface area contributed by atoms with Gasteiger partial charge in [-0.25, -0.2) is 0 Å². The zero-order valence-electron chi connectivity index (χ0n) is 14.0. The zero-order valence-corrected chi connectivity index (χ0v) is 14.0. The highest BCUT2D eigenvalue weighted by Gasteiger charge is 2.36. The highest BCUT2D eigenvalue weighted by atomic mass is 16.7. The lowest BCUT2D eigenvalue weighted by atomic mass is 10.1. The van der Waals surface area contributed by atoms with E-state index in [4.69, 9.17) is 9.47 Å². The molecule has 3 heterocycles. The molecule has 0 spiro atoms. The Bertz CT molecular complexity index is 927. The van der Waals surface area contributed by atoms with Crippen LogP contribution in [0, 0.1) is 0 Å². The lowest BCUT2D eigenvalue weighted by molar-refractivity contribution is -0.117. The monoisotopic (exact) mass is 351 g/mol. The Labute approximate surface area is 149 Å². The molecule has 1 saturated heterocycles. The minimum atomic E-state index is -0.246. The second-order valence-electron chi connectivity index (χ2n) is 6.59. The fourth-order valence-electron chi connectivity index (χ4n) is 3.75. The summed E-state index contributed by atoms with van der Waals surface area (Å²) in [5.41, 5.74) is 2.78. The second kappa shape index (κ2) is 5.66. The van der Waals surface area contributed by atoms with Crippen molar-refractivity contribution < 1.29 is 19.1 Å². The molecule has 2 aromatic carbocycles. The molecule has 2 aromatic rings. The van der Waals surface area contributed by atoms with Crippen molar-refractivity contribution in [1.29, 1.82) is 0 Å². The smallest absolute Gasteiger partial charge is 0.255 e. The Kier molecular flexibility index (Phi) is 3.28. The van der Waals surface area contributed by atoms with E-state index in [-0.39, 0.29) is 24.6 Å². The van der Waals surface area contributed by atoms with Crippen molar-refractivity contribution >= 4 is 28.9 Å². The van der Waals surface area contributed by atoms with E-state index in [1.54, 1.807) is 30.3 Å². The predicted octanol–water partition coefficient (Wildman–Crippen LogP) is 2.59. The number of anilines is 3. The third-order valence-electron chi connectivity index (χ3n) is 5.01. The van der Waals surface area contributed by atoms with Gasteiger partial charge < -0.3 is 25.0 Å². The molecule has 3 aliphatic rings. The summed E-state index contributed by atoms with van der Waals surface area (Å²) in [5.74, 6) is 1.04. The van der Waals surface area contributed by atoms with Gasteiger partial charge in [0, 0.05) is 23.9 Å². The van der Waals surface area contributed by atoms with Crippen LogP contribution in [0.3, 0.4) is 0 Å². The normalized spacial score (nSPS) is 19.6. The Morgan fingerprint density at radius 2 is 2.04 bits per heavy atom. The minimum Gasteiger partial charge on any atom is -0.454 e. The molecule has 0 bridgehead atoms. The van der Waals surface area contributed by atoms with Gasteiger partial charge in [-0.1, -0.05) is 0 Å². The van der Waals surface area contributed by atoms with Crippen LogP contribution in [0.4, 0.5) is 17.1 Å². The number of rotatable bonds is 2. The number of amides is 2. The fourth-order valence-corrected chi connectivity index (χ4v) is 3.75. The van der Waals surface area contributed by atoms with Gasteiger partial charge in [-0.2, -0.15) is 0 Å². The van der Waals surface area contributed by atoms with Crippen molar-refractivity contribution in [2.24, 2.45) is 0 Å². The Morgan fingerprint density at radius 3 is 2.96 bits per heavy atom. The number of carbonyl (C=O) groups is 2. The van der Waals surface area contributed by atoms with Crippen LogP contribution in [0.1, 0.15) is 23.2 Å². The average molecular weight is 351 g/mol. The van der Waals surface area contributed by atoms with Gasteiger partial charge in [-0.15, -0.1) is 0 Å². The molecule has 26 heavy (non-hydrogen) atoms. The molecule has 1 fully saturated rings. The van der Waals surface area contributed by atoms with E-state index in [0.717, 1.165) is 25.1 Å². The third kappa shape index (κ3) is 2.35. The van der Waals surface area contributed by atoms with Gasteiger partial charge in [0.2, 0.25) is 12.7 Å². The summed E-state index contributed by atoms with van der Waals surface area (Å²) < 4.78 is 10.6. The van der Waals surface area contributed by atoms with Gasteiger partial charge in [-0.05, 0) is 43.2 Å². The molecule has 2 N–H and O–H groups in total. The summed E-state index contributed by atoms with van der Waals surface area (Å²) in [6, 6.07) is 10.6. The molecule has 0 radical (unpaired) electrons. The third-order valence-corrected chi connectivity index (χ3v) is 5.01. The molecule has 7 nitrogen and oxygen atoms in total. The molecule has 2 amide bonds. The van der Waals surface area contributed by atoms with Crippen molar-refractivity contribution in [3.05, 3.63) is 42.0 Å². The number of benzene rings is 2. The SMILES string of the molecule is O=C(Nc1ccc2c(c1)OCO2)c1ccc2c(c1)NC(=O)C1CCCN21. The van der Waals surface area contributed by atoms with E-state index < -0.39 is 0 Å². The Hall–Kier alpha value is -3.22. The van der Waals surface area contributed by atoms with Crippen molar-refractivity contribution in [2.45, 2.75) is 18.9 Å². The first-order valence-corrected chi connectivity index (χ1v) is 8.61. The maximum Gasteiger partial charge on any atom is 0.255 e. The first kappa shape index (κ1) is 15.1. The maximum absolute atomic E-state index is 12.6. The molecule has 1 atom stereocenters. The number of hydrogen-bond acceptors (Lipinski definition) is 5. The van der Waals surface area contributed by atoms with Crippen molar-refractivity contribution in [3.63, 3.8) is 0 Å². The number of nitrogens with zero attached hydrogens (tertiary/aromatic N) is 1. The van der Waals surface area contributed by atoms with Crippen molar-refractivity contribution in [2.75, 3.05) is 28.9 Å². The van der Waals surface area contributed by atoms with Gasteiger partial charge in [0.25, 0.3) is 5.91 Å². The van der Waals surface area contributed by atoms with Gasteiger partial charge in [0.05, 0.1) is 11.4 Å². The van der Waals surface area contributed by atoms with Crippen LogP contribution in [0.5, 0.6) is 11.5 Å². The van der Waals surface area contributed by atoms with E-state index in [2.05, 4.69) is 15.5 Å². The quantitative estimate of drug-likeness (QED) is 0.869. The van der Waals surface area contributed by atoms with E-state index >= 15 is 0 Å². The molecule has 0 saturated carbocycles. The van der Waals surface area contributed by atoms with Crippen LogP contribution in [-0.4, -0.2) is 31.2 Å². The minimum absolute atomic E-state index is 0.00308. The topological polar surface area (TPSA) is 79.9 Å². The highest BCUT2D eigenvalue weighted by molar-refractivity contribution is 6.09. The molecule has 5 rings (SSSR count). The van der Waals surface area contributed by atoms with E-state index in [1.807, 2.05) is 6.07 Å². The van der Waals surface area contributed by atoms with Crippen LogP contribution in [-0.2, 0) is 4.79 Å². The number of nitrogens with one attached hydrogen (secondary N) is 2. The van der Waals surface area contributed by atoms with Crippen LogP contribution < -0.4 is 25.0 Å². The summed E-state index contributed by atoms with van der Waals surface area (Å²) in [5, 5.41) is 5.78. The molecular formula is C19H17N3O4. The van der Waals surface area contributed by atoms with Crippen LogP contribution >= 0.6 is 0 Å². The van der Waals surface area contributed by atoms with Crippen LogP contribution in [0.2, 0.25) is 0 Å².